The lowest BCUT2D eigenvalue weighted by Gasteiger charge is -2.11. The maximum absolute atomic E-state index is 6.01. The SMILES string of the molecule is CN(C)c1ccc(-c2nnc(Nc3ccc(Cl)c(Cl)c3)s2)cc1. The molecule has 7 heteroatoms. The van der Waals surface area contributed by atoms with E-state index < -0.39 is 0 Å². The number of aromatic nitrogens is 2. The maximum Gasteiger partial charge on any atom is 0.210 e. The second-order valence-corrected chi connectivity index (χ2v) is 6.90. The van der Waals surface area contributed by atoms with E-state index in [-0.39, 0.29) is 0 Å². The minimum Gasteiger partial charge on any atom is -0.378 e. The van der Waals surface area contributed by atoms with Crippen LogP contribution >= 0.6 is 34.5 Å². The summed E-state index contributed by atoms with van der Waals surface area (Å²) in [5.41, 5.74) is 3.01. The van der Waals surface area contributed by atoms with Gasteiger partial charge in [-0.15, -0.1) is 10.2 Å². The van der Waals surface area contributed by atoms with E-state index >= 15 is 0 Å². The third kappa shape index (κ3) is 3.75. The molecule has 0 radical (unpaired) electrons. The average molecular weight is 365 g/mol. The van der Waals surface area contributed by atoms with Crippen molar-refractivity contribution in [1.82, 2.24) is 10.2 Å². The topological polar surface area (TPSA) is 41.1 Å². The van der Waals surface area contributed by atoms with Crippen molar-refractivity contribution in [3.05, 3.63) is 52.5 Å². The molecule has 1 heterocycles. The fourth-order valence-corrected chi connectivity index (χ4v) is 3.06. The Kier molecular flexibility index (Phi) is 4.71. The van der Waals surface area contributed by atoms with E-state index in [2.05, 4.69) is 32.5 Å². The first-order valence-corrected chi connectivity index (χ1v) is 8.43. The van der Waals surface area contributed by atoms with Crippen molar-refractivity contribution in [2.24, 2.45) is 0 Å². The van der Waals surface area contributed by atoms with Crippen molar-refractivity contribution in [2.45, 2.75) is 0 Å². The van der Waals surface area contributed by atoms with Gasteiger partial charge in [0.25, 0.3) is 0 Å². The maximum atomic E-state index is 6.01. The summed E-state index contributed by atoms with van der Waals surface area (Å²) in [5.74, 6) is 0. The Hall–Kier alpha value is -1.82. The molecule has 0 unspecified atom stereocenters. The molecular formula is C16H14Cl2N4S. The van der Waals surface area contributed by atoms with Crippen LogP contribution in [0.15, 0.2) is 42.5 Å². The third-order valence-electron chi connectivity index (χ3n) is 3.23. The summed E-state index contributed by atoms with van der Waals surface area (Å²) in [6, 6.07) is 13.6. The summed E-state index contributed by atoms with van der Waals surface area (Å²) >= 11 is 13.4. The molecule has 0 saturated carbocycles. The quantitative estimate of drug-likeness (QED) is 0.679. The van der Waals surface area contributed by atoms with Crippen molar-refractivity contribution in [3.63, 3.8) is 0 Å². The summed E-state index contributed by atoms with van der Waals surface area (Å²) in [6.45, 7) is 0. The largest absolute Gasteiger partial charge is 0.378 e. The molecule has 0 aliphatic heterocycles. The highest BCUT2D eigenvalue weighted by atomic mass is 35.5. The summed E-state index contributed by atoms with van der Waals surface area (Å²) in [5, 5.41) is 14.2. The second-order valence-electron chi connectivity index (χ2n) is 5.11. The number of rotatable bonds is 4. The normalized spacial score (nSPS) is 10.6. The second kappa shape index (κ2) is 6.74. The average Bonchev–Trinajstić information content (AvgIpc) is 2.99. The van der Waals surface area contributed by atoms with E-state index in [1.165, 1.54) is 11.3 Å². The lowest BCUT2D eigenvalue weighted by molar-refractivity contribution is 1.10. The van der Waals surface area contributed by atoms with E-state index in [0.717, 1.165) is 21.9 Å². The van der Waals surface area contributed by atoms with Gasteiger partial charge < -0.3 is 10.2 Å². The van der Waals surface area contributed by atoms with Gasteiger partial charge in [-0.3, -0.25) is 0 Å². The van der Waals surface area contributed by atoms with Crippen LogP contribution in [0.2, 0.25) is 10.0 Å². The fourth-order valence-electron chi connectivity index (χ4n) is 1.99. The van der Waals surface area contributed by atoms with Gasteiger partial charge in [0.1, 0.15) is 5.01 Å². The number of hydrogen-bond acceptors (Lipinski definition) is 5. The summed E-state index contributed by atoms with van der Waals surface area (Å²) in [7, 11) is 4.03. The van der Waals surface area contributed by atoms with Crippen LogP contribution in [-0.4, -0.2) is 24.3 Å². The molecule has 0 aliphatic rings. The minimum absolute atomic E-state index is 0.501. The standard InChI is InChI=1S/C16H14Cl2N4S/c1-22(2)12-6-3-10(4-7-12)15-20-21-16(23-15)19-11-5-8-13(17)14(18)9-11/h3-9H,1-2H3,(H,19,21). The predicted molar refractivity (Wildman–Crippen MR) is 99.4 cm³/mol. The third-order valence-corrected chi connectivity index (χ3v) is 4.85. The van der Waals surface area contributed by atoms with E-state index in [9.17, 15) is 0 Å². The first-order valence-electron chi connectivity index (χ1n) is 6.86. The van der Waals surface area contributed by atoms with Gasteiger partial charge in [0.15, 0.2) is 0 Å². The molecule has 0 bridgehead atoms. The van der Waals surface area contributed by atoms with Crippen LogP contribution in [0.1, 0.15) is 0 Å². The lowest BCUT2D eigenvalue weighted by atomic mass is 10.2. The van der Waals surface area contributed by atoms with Gasteiger partial charge in [-0.05, 0) is 42.5 Å². The Balaban J connectivity index is 1.78. The van der Waals surface area contributed by atoms with E-state index in [1.807, 2.05) is 32.3 Å². The number of hydrogen-bond donors (Lipinski definition) is 1. The summed E-state index contributed by atoms with van der Waals surface area (Å²) in [4.78, 5) is 2.06. The predicted octanol–water partition coefficient (Wildman–Crippen LogP) is 5.32. The Morgan fingerprint density at radius 1 is 0.957 bits per heavy atom. The molecule has 1 N–H and O–H groups in total. The molecule has 0 spiro atoms. The number of anilines is 3. The highest BCUT2D eigenvalue weighted by Crippen LogP contribution is 2.31. The van der Waals surface area contributed by atoms with Crippen molar-refractivity contribution >= 4 is 51.0 Å². The van der Waals surface area contributed by atoms with Crippen LogP contribution in [0.3, 0.4) is 0 Å². The highest BCUT2D eigenvalue weighted by molar-refractivity contribution is 7.18. The molecule has 4 nitrogen and oxygen atoms in total. The Bertz CT molecular complexity index is 815. The van der Waals surface area contributed by atoms with E-state index in [4.69, 9.17) is 23.2 Å². The van der Waals surface area contributed by atoms with E-state index in [0.29, 0.717) is 15.2 Å². The first-order chi connectivity index (χ1) is 11.0. The van der Waals surface area contributed by atoms with Gasteiger partial charge >= 0.3 is 0 Å². The molecule has 2 aromatic carbocycles. The van der Waals surface area contributed by atoms with Crippen LogP contribution < -0.4 is 10.2 Å². The summed E-state index contributed by atoms with van der Waals surface area (Å²) < 4.78 is 0. The lowest BCUT2D eigenvalue weighted by Crippen LogP contribution is -2.07. The fraction of sp³-hybridized carbons (Fsp3) is 0.125. The van der Waals surface area contributed by atoms with Gasteiger partial charge in [0, 0.05) is 31.0 Å². The molecule has 23 heavy (non-hydrogen) atoms. The molecule has 118 valence electrons. The first kappa shape index (κ1) is 16.1. The number of benzene rings is 2. The monoisotopic (exact) mass is 364 g/mol. The van der Waals surface area contributed by atoms with Crippen molar-refractivity contribution in [3.8, 4) is 10.6 Å². The summed E-state index contributed by atoms with van der Waals surface area (Å²) in [6.07, 6.45) is 0. The van der Waals surface area contributed by atoms with Crippen LogP contribution in [0.5, 0.6) is 0 Å². The van der Waals surface area contributed by atoms with Crippen molar-refractivity contribution < 1.29 is 0 Å². The van der Waals surface area contributed by atoms with Crippen molar-refractivity contribution in [1.29, 1.82) is 0 Å². The number of nitrogens with zero attached hydrogens (tertiary/aromatic N) is 3. The van der Waals surface area contributed by atoms with Gasteiger partial charge in [0.2, 0.25) is 5.13 Å². The van der Waals surface area contributed by atoms with E-state index in [1.54, 1.807) is 12.1 Å². The van der Waals surface area contributed by atoms with Gasteiger partial charge in [-0.2, -0.15) is 0 Å². The Labute approximate surface area is 148 Å². The van der Waals surface area contributed by atoms with Gasteiger partial charge in [0.05, 0.1) is 10.0 Å². The van der Waals surface area contributed by atoms with Crippen molar-refractivity contribution in [2.75, 3.05) is 24.3 Å². The molecular weight excluding hydrogens is 351 g/mol. The molecule has 1 aromatic heterocycles. The Morgan fingerprint density at radius 3 is 2.35 bits per heavy atom. The highest BCUT2D eigenvalue weighted by Gasteiger charge is 2.08. The molecule has 0 saturated heterocycles. The zero-order chi connectivity index (χ0) is 16.4. The smallest absolute Gasteiger partial charge is 0.210 e. The molecule has 0 aliphatic carbocycles. The number of nitrogens with one attached hydrogen (secondary N) is 1. The van der Waals surface area contributed by atoms with Crippen LogP contribution in [-0.2, 0) is 0 Å². The Morgan fingerprint density at radius 2 is 1.70 bits per heavy atom. The number of halogens is 2. The van der Waals surface area contributed by atoms with Crippen LogP contribution in [0.4, 0.5) is 16.5 Å². The zero-order valence-electron chi connectivity index (χ0n) is 12.5. The molecule has 3 rings (SSSR count). The van der Waals surface area contributed by atoms with Crippen LogP contribution in [0, 0.1) is 0 Å². The molecule has 3 aromatic rings. The molecule has 0 atom stereocenters. The van der Waals surface area contributed by atoms with Gasteiger partial charge in [-0.1, -0.05) is 34.5 Å². The molecule has 0 amide bonds. The van der Waals surface area contributed by atoms with Gasteiger partial charge in [-0.25, -0.2) is 0 Å². The zero-order valence-corrected chi connectivity index (χ0v) is 14.9. The van der Waals surface area contributed by atoms with Crippen LogP contribution in [0.25, 0.3) is 10.6 Å². The molecule has 0 fully saturated rings. The minimum atomic E-state index is 0.501.